The van der Waals surface area contributed by atoms with E-state index in [1.54, 1.807) is 0 Å². The Kier molecular flexibility index (Phi) is 3.88. The molecule has 1 nitrogen and oxygen atoms in total. The maximum absolute atomic E-state index is 10.8. The maximum Gasteiger partial charge on any atom is 0.0896 e. The molecule has 0 radical (unpaired) electrons. The summed E-state index contributed by atoms with van der Waals surface area (Å²) in [6.45, 7) is 4.34. The zero-order valence-corrected chi connectivity index (χ0v) is 11.1. The molecule has 1 N–H and O–H groups in total. The van der Waals surface area contributed by atoms with E-state index >= 15 is 0 Å². The minimum absolute atomic E-state index is 0.549. The first-order chi connectivity index (χ1) is 8.14. The van der Waals surface area contributed by atoms with E-state index < -0.39 is 5.60 Å². The predicted octanol–water partition coefficient (Wildman–Crippen LogP) is 4.10. The van der Waals surface area contributed by atoms with Gasteiger partial charge in [-0.15, -0.1) is 0 Å². The molecule has 94 valence electrons. The zero-order chi connectivity index (χ0) is 12.3. The average Bonchev–Trinajstić information content (AvgIpc) is 2.30. The molecule has 0 spiro atoms. The van der Waals surface area contributed by atoms with Crippen LogP contribution in [-0.2, 0) is 12.0 Å². The van der Waals surface area contributed by atoms with Crippen molar-refractivity contribution in [2.24, 2.45) is 0 Å². The van der Waals surface area contributed by atoms with E-state index in [4.69, 9.17) is 0 Å². The topological polar surface area (TPSA) is 20.2 Å². The number of benzene rings is 1. The number of aryl methyl sites for hydroxylation is 2. The first-order valence-corrected chi connectivity index (χ1v) is 6.97. The Labute approximate surface area is 105 Å². The van der Waals surface area contributed by atoms with Gasteiger partial charge in [-0.25, -0.2) is 0 Å². The third kappa shape index (κ3) is 2.90. The molecule has 0 amide bonds. The summed E-state index contributed by atoms with van der Waals surface area (Å²) >= 11 is 0. The fraction of sp³-hybridized carbons (Fsp3) is 0.625. The molecule has 0 saturated heterocycles. The van der Waals surface area contributed by atoms with Gasteiger partial charge in [0.15, 0.2) is 0 Å². The SMILES string of the molecule is CCCc1cc(C)cc(C2(O)CCCCC2)c1. The van der Waals surface area contributed by atoms with Crippen LogP contribution in [0.25, 0.3) is 0 Å². The number of hydrogen-bond donors (Lipinski definition) is 1. The van der Waals surface area contributed by atoms with Crippen molar-refractivity contribution < 1.29 is 5.11 Å². The third-order valence-corrected chi connectivity index (χ3v) is 3.89. The smallest absolute Gasteiger partial charge is 0.0896 e. The molecular formula is C16H24O. The van der Waals surface area contributed by atoms with E-state index in [2.05, 4.69) is 32.0 Å². The molecule has 17 heavy (non-hydrogen) atoms. The van der Waals surface area contributed by atoms with E-state index in [9.17, 15) is 5.11 Å². The second-order valence-electron chi connectivity index (χ2n) is 5.55. The van der Waals surface area contributed by atoms with Gasteiger partial charge < -0.3 is 5.11 Å². The number of aliphatic hydroxyl groups is 1. The monoisotopic (exact) mass is 232 g/mol. The molecule has 1 saturated carbocycles. The van der Waals surface area contributed by atoms with E-state index in [1.807, 2.05) is 0 Å². The highest BCUT2D eigenvalue weighted by Gasteiger charge is 2.31. The summed E-state index contributed by atoms with van der Waals surface area (Å²) in [7, 11) is 0. The molecule has 0 unspecified atom stereocenters. The van der Waals surface area contributed by atoms with Crippen LogP contribution < -0.4 is 0 Å². The van der Waals surface area contributed by atoms with Gasteiger partial charge in [-0.3, -0.25) is 0 Å². The molecule has 1 fully saturated rings. The van der Waals surface area contributed by atoms with Crippen LogP contribution in [0.15, 0.2) is 18.2 Å². The second kappa shape index (κ2) is 5.22. The minimum atomic E-state index is -0.549. The highest BCUT2D eigenvalue weighted by molar-refractivity contribution is 5.33. The van der Waals surface area contributed by atoms with Gasteiger partial charge in [-0.2, -0.15) is 0 Å². The lowest BCUT2D eigenvalue weighted by molar-refractivity contribution is -0.000739. The van der Waals surface area contributed by atoms with Crippen molar-refractivity contribution >= 4 is 0 Å². The Bertz CT molecular complexity index is 375. The summed E-state index contributed by atoms with van der Waals surface area (Å²) in [5.41, 5.74) is 3.26. The highest BCUT2D eigenvalue weighted by Crippen LogP contribution is 2.37. The Balaban J connectivity index is 2.30. The summed E-state index contributed by atoms with van der Waals surface area (Å²) in [5.74, 6) is 0. The molecule has 1 aromatic carbocycles. The molecule has 0 aliphatic heterocycles. The molecule has 0 atom stereocenters. The summed E-state index contributed by atoms with van der Waals surface area (Å²) < 4.78 is 0. The molecular weight excluding hydrogens is 208 g/mol. The third-order valence-electron chi connectivity index (χ3n) is 3.89. The first-order valence-electron chi connectivity index (χ1n) is 6.97. The molecule has 0 aromatic heterocycles. The fourth-order valence-corrected chi connectivity index (χ4v) is 2.99. The van der Waals surface area contributed by atoms with Crippen LogP contribution in [0.2, 0.25) is 0 Å². The van der Waals surface area contributed by atoms with Crippen molar-refractivity contribution in [3.63, 3.8) is 0 Å². The van der Waals surface area contributed by atoms with Gasteiger partial charge in [0.2, 0.25) is 0 Å². The van der Waals surface area contributed by atoms with Crippen LogP contribution >= 0.6 is 0 Å². The van der Waals surface area contributed by atoms with Gasteiger partial charge in [0.25, 0.3) is 0 Å². The Morgan fingerprint density at radius 1 is 1.12 bits per heavy atom. The van der Waals surface area contributed by atoms with Gasteiger partial charge in [0, 0.05) is 0 Å². The number of rotatable bonds is 3. The minimum Gasteiger partial charge on any atom is -0.385 e. The molecule has 1 aliphatic rings. The molecule has 1 aromatic rings. The largest absolute Gasteiger partial charge is 0.385 e. The Morgan fingerprint density at radius 2 is 1.82 bits per heavy atom. The van der Waals surface area contributed by atoms with Crippen LogP contribution in [0.1, 0.15) is 62.1 Å². The van der Waals surface area contributed by atoms with Gasteiger partial charge >= 0.3 is 0 Å². The lowest BCUT2D eigenvalue weighted by Crippen LogP contribution is -2.28. The lowest BCUT2D eigenvalue weighted by Gasteiger charge is -2.33. The first kappa shape index (κ1) is 12.6. The van der Waals surface area contributed by atoms with Crippen LogP contribution in [0.3, 0.4) is 0 Å². The van der Waals surface area contributed by atoms with Crippen LogP contribution in [0.4, 0.5) is 0 Å². The van der Waals surface area contributed by atoms with E-state index in [-0.39, 0.29) is 0 Å². The standard InChI is InChI=1S/C16H24O/c1-3-7-14-10-13(2)11-15(12-14)16(17)8-5-4-6-9-16/h10-12,17H,3-9H2,1-2H3. The summed E-state index contributed by atoms with van der Waals surface area (Å²) in [4.78, 5) is 0. The van der Waals surface area contributed by atoms with Crippen molar-refractivity contribution in [2.75, 3.05) is 0 Å². The van der Waals surface area contributed by atoms with Gasteiger partial charge in [0.05, 0.1) is 5.60 Å². The highest BCUT2D eigenvalue weighted by atomic mass is 16.3. The van der Waals surface area contributed by atoms with Crippen LogP contribution in [-0.4, -0.2) is 5.11 Å². The lowest BCUT2D eigenvalue weighted by atomic mass is 9.78. The zero-order valence-electron chi connectivity index (χ0n) is 11.1. The summed E-state index contributed by atoms with van der Waals surface area (Å²) in [6.07, 6.45) is 7.74. The van der Waals surface area contributed by atoms with E-state index in [1.165, 1.54) is 24.0 Å². The summed E-state index contributed by atoms with van der Waals surface area (Å²) in [5, 5.41) is 10.8. The Morgan fingerprint density at radius 3 is 2.47 bits per heavy atom. The Hall–Kier alpha value is -0.820. The predicted molar refractivity (Wildman–Crippen MR) is 72.2 cm³/mol. The molecule has 1 heteroatoms. The van der Waals surface area contributed by atoms with Crippen molar-refractivity contribution in [1.29, 1.82) is 0 Å². The summed E-state index contributed by atoms with van der Waals surface area (Å²) in [6, 6.07) is 6.64. The molecule has 0 bridgehead atoms. The second-order valence-corrected chi connectivity index (χ2v) is 5.55. The van der Waals surface area contributed by atoms with Crippen molar-refractivity contribution in [3.8, 4) is 0 Å². The van der Waals surface area contributed by atoms with Gasteiger partial charge in [-0.1, -0.05) is 56.4 Å². The van der Waals surface area contributed by atoms with E-state index in [0.29, 0.717) is 0 Å². The van der Waals surface area contributed by atoms with E-state index in [0.717, 1.165) is 37.7 Å². The van der Waals surface area contributed by atoms with Crippen molar-refractivity contribution in [1.82, 2.24) is 0 Å². The molecule has 1 aliphatic carbocycles. The van der Waals surface area contributed by atoms with Crippen LogP contribution in [0.5, 0.6) is 0 Å². The van der Waals surface area contributed by atoms with Gasteiger partial charge in [0.1, 0.15) is 0 Å². The number of hydrogen-bond acceptors (Lipinski definition) is 1. The van der Waals surface area contributed by atoms with Crippen molar-refractivity contribution in [2.45, 2.75) is 64.4 Å². The normalized spacial score (nSPS) is 19.2. The molecule has 2 rings (SSSR count). The van der Waals surface area contributed by atoms with Gasteiger partial charge in [-0.05, 0) is 37.3 Å². The van der Waals surface area contributed by atoms with Crippen molar-refractivity contribution in [3.05, 3.63) is 34.9 Å². The quantitative estimate of drug-likeness (QED) is 0.832. The molecule has 0 heterocycles. The fourth-order valence-electron chi connectivity index (χ4n) is 2.99. The maximum atomic E-state index is 10.8. The van der Waals surface area contributed by atoms with Crippen LogP contribution in [0, 0.1) is 6.92 Å². The average molecular weight is 232 g/mol.